The van der Waals surface area contributed by atoms with Crippen LogP contribution in [0.3, 0.4) is 0 Å². The van der Waals surface area contributed by atoms with Crippen molar-refractivity contribution in [2.45, 2.75) is 27.2 Å². The maximum Gasteiger partial charge on any atom is 0.307 e. The molecule has 3 nitrogen and oxygen atoms in total. The molecular weight excluding hydrogens is 216 g/mol. The molecule has 0 aliphatic rings. The maximum atomic E-state index is 11.2. The third kappa shape index (κ3) is 3.77. The lowest BCUT2D eigenvalue weighted by Crippen LogP contribution is -2.30. The van der Waals surface area contributed by atoms with Crippen molar-refractivity contribution in [2.75, 3.05) is 7.11 Å². The summed E-state index contributed by atoms with van der Waals surface area (Å²) < 4.78 is 5.07. The summed E-state index contributed by atoms with van der Waals surface area (Å²) in [4.78, 5) is 11.2. The summed E-state index contributed by atoms with van der Waals surface area (Å²) in [6.07, 6.45) is 0.544. The zero-order chi connectivity index (χ0) is 13.1. The van der Waals surface area contributed by atoms with E-state index in [9.17, 15) is 9.90 Å². The molecule has 0 spiro atoms. The van der Waals surface area contributed by atoms with E-state index in [1.54, 1.807) is 7.11 Å². The van der Waals surface area contributed by atoms with Gasteiger partial charge in [-0.25, -0.2) is 0 Å². The molecule has 0 saturated carbocycles. The molecule has 0 amide bonds. The van der Waals surface area contributed by atoms with Crippen molar-refractivity contribution in [3.63, 3.8) is 0 Å². The number of benzene rings is 1. The highest BCUT2D eigenvalue weighted by Gasteiger charge is 2.31. The Morgan fingerprint density at radius 1 is 1.29 bits per heavy atom. The Morgan fingerprint density at radius 3 is 2.18 bits per heavy atom. The second-order valence-corrected chi connectivity index (χ2v) is 5.31. The third-order valence-corrected chi connectivity index (χ3v) is 2.94. The van der Waals surface area contributed by atoms with Gasteiger partial charge in [0, 0.05) is 0 Å². The van der Waals surface area contributed by atoms with Crippen molar-refractivity contribution >= 4 is 5.97 Å². The van der Waals surface area contributed by atoms with Crippen LogP contribution in [0.5, 0.6) is 5.75 Å². The second kappa shape index (κ2) is 5.21. The molecule has 1 rings (SSSR count). The van der Waals surface area contributed by atoms with E-state index in [0.717, 1.165) is 11.3 Å². The first-order valence-corrected chi connectivity index (χ1v) is 5.70. The lowest BCUT2D eigenvalue weighted by molar-refractivity contribution is -0.145. The van der Waals surface area contributed by atoms with Gasteiger partial charge in [-0.15, -0.1) is 0 Å². The zero-order valence-electron chi connectivity index (χ0n) is 10.9. The Hall–Kier alpha value is -1.51. The number of carbonyl (C=O) groups is 1. The number of hydrogen-bond donors (Lipinski definition) is 1. The minimum Gasteiger partial charge on any atom is -0.497 e. The monoisotopic (exact) mass is 236 g/mol. The van der Waals surface area contributed by atoms with Crippen molar-refractivity contribution in [1.29, 1.82) is 0 Å². The quantitative estimate of drug-likeness (QED) is 0.874. The molecule has 0 fully saturated rings. The number of ether oxygens (including phenoxy) is 1. The molecule has 1 aromatic carbocycles. The van der Waals surface area contributed by atoms with E-state index >= 15 is 0 Å². The summed E-state index contributed by atoms with van der Waals surface area (Å²) >= 11 is 0. The first-order chi connectivity index (χ1) is 7.84. The van der Waals surface area contributed by atoms with E-state index < -0.39 is 5.97 Å². The van der Waals surface area contributed by atoms with Crippen LogP contribution in [-0.2, 0) is 11.2 Å². The van der Waals surface area contributed by atoms with Crippen LogP contribution < -0.4 is 4.74 Å². The van der Waals surface area contributed by atoms with Gasteiger partial charge >= 0.3 is 5.97 Å². The average Bonchev–Trinajstić information content (AvgIpc) is 2.24. The molecule has 0 bridgehead atoms. The van der Waals surface area contributed by atoms with Gasteiger partial charge in [0.25, 0.3) is 0 Å². The largest absolute Gasteiger partial charge is 0.497 e. The molecule has 1 atom stereocenters. The van der Waals surface area contributed by atoms with Gasteiger partial charge < -0.3 is 9.84 Å². The highest BCUT2D eigenvalue weighted by atomic mass is 16.5. The summed E-state index contributed by atoms with van der Waals surface area (Å²) in [6, 6.07) is 7.55. The second-order valence-electron chi connectivity index (χ2n) is 5.31. The molecule has 0 saturated heterocycles. The summed E-state index contributed by atoms with van der Waals surface area (Å²) in [5.74, 6) is -0.333. The van der Waals surface area contributed by atoms with Gasteiger partial charge in [-0.1, -0.05) is 32.9 Å². The molecule has 1 unspecified atom stereocenters. The van der Waals surface area contributed by atoms with Crippen LogP contribution in [0.25, 0.3) is 0 Å². The summed E-state index contributed by atoms with van der Waals surface area (Å²) in [5, 5.41) is 9.25. The fourth-order valence-electron chi connectivity index (χ4n) is 1.76. The van der Waals surface area contributed by atoms with E-state index in [4.69, 9.17) is 4.74 Å². The standard InChI is InChI=1S/C14H20O3/c1-14(2,3)12(13(15)16)9-10-5-7-11(17-4)8-6-10/h5-8,12H,9H2,1-4H3,(H,15,16). The average molecular weight is 236 g/mol. The maximum absolute atomic E-state index is 11.2. The van der Waals surface area contributed by atoms with Crippen LogP contribution in [0.15, 0.2) is 24.3 Å². The molecule has 0 aliphatic carbocycles. The van der Waals surface area contributed by atoms with Crippen LogP contribution >= 0.6 is 0 Å². The fraction of sp³-hybridized carbons (Fsp3) is 0.500. The number of carboxylic acid groups (broad SMARTS) is 1. The number of carboxylic acids is 1. The normalized spacial score (nSPS) is 13.2. The first kappa shape index (κ1) is 13.6. The predicted molar refractivity (Wildman–Crippen MR) is 67.3 cm³/mol. The van der Waals surface area contributed by atoms with E-state index in [-0.39, 0.29) is 11.3 Å². The van der Waals surface area contributed by atoms with E-state index in [2.05, 4.69) is 0 Å². The summed E-state index contributed by atoms with van der Waals surface area (Å²) in [7, 11) is 1.62. The molecule has 0 radical (unpaired) electrons. The molecule has 3 heteroatoms. The molecule has 1 aromatic rings. The Morgan fingerprint density at radius 2 is 1.82 bits per heavy atom. The van der Waals surface area contributed by atoms with Gasteiger partial charge in [-0.3, -0.25) is 4.79 Å². The predicted octanol–water partition coefficient (Wildman–Crippen LogP) is 2.98. The number of methoxy groups -OCH3 is 1. The molecular formula is C14H20O3. The molecule has 1 N–H and O–H groups in total. The van der Waals surface area contributed by atoms with Crippen molar-refractivity contribution in [1.82, 2.24) is 0 Å². The topological polar surface area (TPSA) is 46.5 Å². The number of aliphatic carboxylic acids is 1. The van der Waals surface area contributed by atoms with Gasteiger partial charge in [0.15, 0.2) is 0 Å². The van der Waals surface area contributed by atoms with Crippen LogP contribution in [-0.4, -0.2) is 18.2 Å². The highest BCUT2D eigenvalue weighted by Crippen LogP contribution is 2.29. The van der Waals surface area contributed by atoms with E-state index in [0.29, 0.717) is 6.42 Å². The summed E-state index contributed by atoms with van der Waals surface area (Å²) in [5.41, 5.74) is 0.777. The summed E-state index contributed by atoms with van der Waals surface area (Å²) in [6.45, 7) is 5.86. The third-order valence-electron chi connectivity index (χ3n) is 2.94. The first-order valence-electron chi connectivity index (χ1n) is 5.70. The van der Waals surface area contributed by atoms with Gasteiger partial charge in [0.2, 0.25) is 0 Å². The van der Waals surface area contributed by atoms with Gasteiger partial charge in [-0.05, 0) is 29.5 Å². The van der Waals surface area contributed by atoms with Crippen LogP contribution in [0, 0.1) is 11.3 Å². The van der Waals surface area contributed by atoms with Crippen molar-refractivity contribution < 1.29 is 14.6 Å². The Bertz CT molecular complexity index is 373. The number of rotatable bonds is 4. The van der Waals surface area contributed by atoms with Gasteiger partial charge in [0.05, 0.1) is 13.0 Å². The zero-order valence-corrected chi connectivity index (χ0v) is 10.9. The minimum atomic E-state index is -0.742. The Labute approximate surface area is 102 Å². The minimum absolute atomic E-state index is 0.244. The number of hydrogen-bond acceptors (Lipinski definition) is 2. The molecule has 0 aromatic heterocycles. The molecule has 17 heavy (non-hydrogen) atoms. The lowest BCUT2D eigenvalue weighted by atomic mass is 9.77. The van der Waals surface area contributed by atoms with E-state index in [1.807, 2.05) is 45.0 Å². The Kier molecular flexibility index (Phi) is 4.16. The molecule has 94 valence electrons. The van der Waals surface area contributed by atoms with Crippen LogP contribution in [0.2, 0.25) is 0 Å². The fourth-order valence-corrected chi connectivity index (χ4v) is 1.76. The van der Waals surface area contributed by atoms with Crippen molar-refractivity contribution in [3.05, 3.63) is 29.8 Å². The smallest absolute Gasteiger partial charge is 0.307 e. The van der Waals surface area contributed by atoms with E-state index in [1.165, 1.54) is 0 Å². The molecule has 0 aliphatic heterocycles. The van der Waals surface area contributed by atoms with Crippen molar-refractivity contribution in [3.8, 4) is 5.75 Å². The SMILES string of the molecule is COc1ccc(CC(C(=O)O)C(C)(C)C)cc1. The van der Waals surface area contributed by atoms with Gasteiger partial charge in [-0.2, -0.15) is 0 Å². The van der Waals surface area contributed by atoms with Gasteiger partial charge in [0.1, 0.15) is 5.75 Å². The van der Waals surface area contributed by atoms with Crippen molar-refractivity contribution in [2.24, 2.45) is 11.3 Å². The Balaban J connectivity index is 2.83. The van der Waals surface area contributed by atoms with Crippen LogP contribution in [0.4, 0.5) is 0 Å². The van der Waals surface area contributed by atoms with Crippen LogP contribution in [0.1, 0.15) is 26.3 Å². The molecule has 0 heterocycles. The lowest BCUT2D eigenvalue weighted by Gasteiger charge is -2.27. The highest BCUT2D eigenvalue weighted by molar-refractivity contribution is 5.71.